The summed E-state index contributed by atoms with van der Waals surface area (Å²) >= 11 is 1.39. The van der Waals surface area contributed by atoms with Crippen LogP contribution >= 0.6 is 11.8 Å². The third kappa shape index (κ3) is 2.74. The van der Waals surface area contributed by atoms with Crippen molar-refractivity contribution in [1.82, 2.24) is 20.3 Å². The van der Waals surface area contributed by atoms with E-state index in [1.165, 1.54) is 11.8 Å². The molecule has 1 rings (SSSR count). The molecule has 0 saturated heterocycles. The Hall–Kier alpha value is -1.55. The first-order chi connectivity index (χ1) is 6.77. The summed E-state index contributed by atoms with van der Waals surface area (Å²) in [6.45, 7) is 0.467. The van der Waals surface area contributed by atoms with E-state index in [1.807, 2.05) is 12.4 Å². The Morgan fingerprint density at radius 1 is 1.86 bits per heavy atom. The van der Waals surface area contributed by atoms with Crippen LogP contribution in [0, 0.1) is 11.5 Å². The lowest BCUT2D eigenvalue weighted by Gasteiger charge is -1.99. The van der Waals surface area contributed by atoms with Gasteiger partial charge in [-0.3, -0.25) is 15.0 Å². The van der Waals surface area contributed by atoms with Gasteiger partial charge in [0, 0.05) is 7.05 Å². The number of nitrogens with zero attached hydrogens (tertiary/aromatic N) is 5. The molecule has 6 nitrogen and oxygen atoms in total. The molecule has 0 bridgehead atoms. The van der Waals surface area contributed by atoms with Gasteiger partial charge in [-0.2, -0.15) is 5.26 Å². The fourth-order valence-electron chi connectivity index (χ4n) is 0.810. The van der Waals surface area contributed by atoms with Gasteiger partial charge in [-0.1, -0.05) is 17.0 Å². The van der Waals surface area contributed by atoms with Gasteiger partial charge in [-0.25, -0.2) is 0 Å². The van der Waals surface area contributed by atoms with E-state index in [9.17, 15) is 0 Å². The molecule has 1 aromatic heterocycles. The molecule has 0 aliphatic carbocycles. The molecule has 0 saturated carbocycles. The number of aliphatic imine (C=N–C) groups is 1. The molecule has 1 N–H and O–H groups in total. The molecule has 74 valence electrons. The molecule has 0 unspecified atom stereocenters. The number of rotatable bonds is 2. The van der Waals surface area contributed by atoms with Crippen molar-refractivity contribution >= 4 is 16.9 Å². The van der Waals surface area contributed by atoms with Gasteiger partial charge in [0.1, 0.15) is 0 Å². The van der Waals surface area contributed by atoms with Crippen molar-refractivity contribution in [2.24, 2.45) is 12.0 Å². The summed E-state index contributed by atoms with van der Waals surface area (Å²) in [6.07, 6.45) is 5.32. The molecule has 0 radical (unpaired) electrons. The smallest absolute Gasteiger partial charge is 0.183 e. The zero-order valence-corrected chi connectivity index (χ0v) is 8.75. The Bertz CT molecular complexity index is 363. The van der Waals surface area contributed by atoms with Gasteiger partial charge in [-0.15, -0.1) is 5.10 Å². The maximum Gasteiger partial charge on any atom is 0.183 e. The van der Waals surface area contributed by atoms with Gasteiger partial charge in [0.15, 0.2) is 11.4 Å². The lowest BCUT2D eigenvalue weighted by atomic mass is 10.5. The summed E-state index contributed by atoms with van der Waals surface area (Å²) in [6, 6.07) is 0. The minimum Gasteiger partial charge on any atom is -0.272 e. The van der Waals surface area contributed by atoms with Crippen molar-refractivity contribution < 1.29 is 0 Å². The maximum atomic E-state index is 8.39. The van der Waals surface area contributed by atoms with Crippen molar-refractivity contribution in [3.8, 4) is 6.19 Å². The molecular formula is C7H10N6S. The predicted octanol–water partition coefficient (Wildman–Crippen LogP) is 0.105. The molecule has 0 spiro atoms. The first kappa shape index (κ1) is 10.5. The van der Waals surface area contributed by atoms with E-state index in [0.29, 0.717) is 11.7 Å². The number of hydrogen-bond acceptors (Lipinski definition) is 5. The Kier molecular flexibility index (Phi) is 3.94. The minimum atomic E-state index is 0.467. The lowest BCUT2D eigenvalue weighted by Crippen LogP contribution is -2.13. The van der Waals surface area contributed by atoms with E-state index in [2.05, 4.69) is 20.6 Å². The molecule has 1 aromatic rings. The number of aryl methyl sites for hydroxylation is 1. The number of aromatic nitrogens is 3. The van der Waals surface area contributed by atoms with Crippen LogP contribution in [0.25, 0.3) is 0 Å². The van der Waals surface area contributed by atoms with Gasteiger partial charge < -0.3 is 0 Å². The Morgan fingerprint density at radius 3 is 3.14 bits per heavy atom. The van der Waals surface area contributed by atoms with E-state index in [1.54, 1.807) is 17.9 Å². The van der Waals surface area contributed by atoms with Crippen LogP contribution in [-0.4, -0.2) is 26.4 Å². The summed E-state index contributed by atoms with van der Waals surface area (Å²) in [7, 11) is 1.80. The second-order valence-electron chi connectivity index (χ2n) is 2.41. The SMILES string of the molecule is CSC(=NCc1cnnn1C)NC#N. The third-order valence-corrected chi connectivity index (χ3v) is 2.17. The van der Waals surface area contributed by atoms with E-state index in [4.69, 9.17) is 5.26 Å². The number of thioether (sulfide) groups is 1. The average molecular weight is 210 g/mol. The van der Waals surface area contributed by atoms with Crippen LogP contribution in [0.5, 0.6) is 0 Å². The maximum absolute atomic E-state index is 8.39. The Labute approximate surface area is 86.0 Å². The highest BCUT2D eigenvalue weighted by molar-refractivity contribution is 8.13. The first-order valence-electron chi connectivity index (χ1n) is 3.85. The van der Waals surface area contributed by atoms with Gasteiger partial charge >= 0.3 is 0 Å². The molecule has 0 aliphatic rings. The van der Waals surface area contributed by atoms with Gasteiger partial charge in [0.2, 0.25) is 0 Å². The fraction of sp³-hybridized carbons (Fsp3) is 0.429. The number of nitrogens with one attached hydrogen (secondary N) is 1. The fourth-order valence-corrected chi connectivity index (χ4v) is 1.15. The molecular weight excluding hydrogens is 200 g/mol. The summed E-state index contributed by atoms with van der Waals surface area (Å²) in [5.41, 5.74) is 0.899. The topological polar surface area (TPSA) is 78.9 Å². The number of hydrogen-bond donors (Lipinski definition) is 1. The second-order valence-corrected chi connectivity index (χ2v) is 3.21. The highest BCUT2D eigenvalue weighted by Gasteiger charge is 1.99. The predicted molar refractivity (Wildman–Crippen MR) is 54.4 cm³/mol. The van der Waals surface area contributed by atoms with Crippen molar-refractivity contribution in [1.29, 1.82) is 5.26 Å². The highest BCUT2D eigenvalue weighted by Crippen LogP contribution is 2.00. The summed E-state index contributed by atoms with van der Waals surface area (Å²) in [5.74, 6) is 0. The molecule has 7 heteroatoms. The zero-order chi connectivity index (χ0) is 10.4. The van der Waals surface area contributed by atoms with Crippen LogP contribution in [0.3, 0.4) is 0 Å². The molecule has 1 heterocycles. The second kappa shape index (κ2) is 5.24. The van der Waals surface area contributed by atoms with Crippen LogP contribution in [-0.2, 0) is 13.6 Å². The van der Waals surface area contributed by atoms with E-state index < -0.39 is 0 Å². The van der Waals surface area contributed by atoms with Crippen LogP contribution in [0.1, 0.15) is 5.69 Å². The standard InChI is InChI=1S/C7H10N6S/c1-13-6(4-11-12-13)3-9-7(14-2)10-5-8/h4H,3H2,1-2H3,(H,9,10). The van der Waals surface area contributed by atoms with Crippen molar-refractivity contribution in [3.05, 3.63) is 11.9 Å². The first-order valence-corrected chi connectivity index (χ1v) is 5.07. The van der Waals surface area contributed by atoms with Gasteiger partial charge in [0.05, 0.1) is 18.4 Å². The van der Waals surface area contributed by atoms with Crippen LogP contribution in [0.15, 0.2) is 11.2 Å². The van der Waals surface area contributed by atoms with E-state index in [-0.39, 0.29) is 0 Å². The van der Waals surface area contributed by atoms with Crippen LogP contribution in [0.4, 0.5) is 0 Å². The van der Waals surface area contributed by atoms with Crippen LogP contribution in [0.2, 0.25) is 0 Å². The highest BCUT2D eigenvalue weighted by atomic mass is 32.2. The molecule has 0 aromatic carbocycles. The van der Waals surface area contributed by atoms with E-state index in [0.717, 1.165) is 5.69 Å². The van der Waals surface area contributed by atoms with E-state index >= 15 is 0 Å². The van der Waals surface area contributed by atoms with Crippen molar-refractivity contribution in [2.75, 3.05) is 6.26 Å². The number of amidine groups is 1. The van der Waals surface area contributed by atoms with Gasteiger partial charge in [0.25, 0.3) is 0 Å². The zero-order valence-electron chi connectivity index (χ0n) is 7.93. The monoisotopic (exact) mass is 210 g/mol. The van der Waals surface area contributed by atoms with Gasteiger partial charge in [-0.05, 0) is 6.26 Å². The van der Waals surface area contributed by atoms with Crippen LogP contribution < -0.4 is 5.32 Å². The third-order valence-electron chi connectivity index (χ3n) is 1.55. The quantitative estimate of drug-likeness (QED) is 0.324. The molecule has 0 atom stereocenters. The molecule has 0 aliphatic heterocycles. The average Bonchev–Trinajstić information content (AvgIpc) is 2.59. The Balaban J connectivity index is 2.62. The summed E-state index contributed by atoms with van der Waals surface area (Å²) < 4.78 is 1.65. The van der Waals surface area contributed by atoms with Crippen molar-refractivity contribution in [3.63, 3.8) is 0 Å². The minimum absolute atomic E-state index is 0.467. The molecule has 0 amide bonds. The van der Waals surface area contributed by atoms with Crippen molar-refractivity contribution in [2.45, 2.75) is 6.54 Å². The summed E-state index contributed by atoms with van der Waals surface area (Å²) in [4.78, 5) is 4.18. The normalized spacial score (nSPS) is 11.1. The lowest BCUT2D eigenvalue weighted by molar-refractivity contribution is 0.678. The number of nitriles is 1. The molecule has 14 heavy (non-hydrogen) atoms. The Morgan fingerprint density at radius 2 is 2.64 bits per heavy atom. The largest absolute Gasteiger partial charge is 0.272 e. The molecule has 0 fully saturated rings. The summed E-state index contributed by atoms with van der Waals surface area (Å²) in [5, 5.41) is 19.0.